The lowest BCUT2D eigenvalue weighted by Crippen LogP contribution is -2.50. The van der Waals surface area contributed by atoms with Gasteiger partial charge in [0.1, 0.15) is 5.52 Å². The second kappa shape index (κ2) is 5.72. The van der Waals surface area contributed by atoms with Gasteiger partial charge in [0, 0.05) is 42.9 Å². The molecule has 5 nitrogen and oxygen atoms in total. The first-order valence-electron chi connectivity index (χ1n) is 7.91. The summed E-state index contributed by atoms with van der Waals surface area (Å²) in [4.78, 5) is 6.88. The maximum atomic E-state index is 6.27. The van der Waals surface area contributed by atoms with Crippen LogP contribution in [-0.4, -0.2) is 37.3 Å². The van der Waals surface area contributed by atoms with E-state index < -0.39 is 0 Å². The number of halogens is 1. The van der Waals surface area contributed by atoms with Gasteiger partial charge < -0.3 is 19.4 Å². The van der Waals surface area contributed by atoms with E-state index in [1.165, 1.54) is 0 Å². The largest absolute Gasteiger partial charge is 0.423 e. The van der Waals surface area contributed by atoms with Gasteiger partial charge in [-0.3, -0.25) is 0 Å². The molecule has 1 N–H and O–H groups in total. The summed E-state index contributed by atoms with van der Waals surface area (Å²) in [7, 11) is 0. The van der Waals surface area contributed by atoms with E-state index in [1.54, 1.807) is 0 Å². The number of ether oxygens (including phenoxy) is 1. The van der Waals surface area contributed by atoms with Crippen molar-refractivity contribution in [2.45, 2.75) is 31.9 Å². The third-order valence-electron chi connectivity index (χ3n) is 4.50. The fourth-order valence-corrected chi connectivity index (χ4v) is 3.54. The van der Waals surface area contributed by atoms with Crippen molar-refractivity contribution in [3.8, 4) is 0 Å². The van der Waals surface area contributed by atoms with Crippen LogP contribution < -0.4 is 10.2 Å². The lowest BCUT2D eigenvalue weighted by Gasteiger charge is -2.32. The minimum Gasteiger partial charge on any atom is -0.423 e. The van der Waals surface area contributed by atoms with Gasteiger partial charge in [-0.15, -0.1) is 0 Å². The van der Waals surface area contributed by atoms with Gasteiger partial charge in [0.25, 0.3) is 6.01 Å². The Labute approximate surface area is 134 Å². The first kappa shape index (κ1) is 14.3. The molecule has 2 atom stereocenters. The Balaban J connectivity index is 1.77. The molecule has 1 aromatic carbocycles. The highest BCUT2D eigenvalue weighted by molar-refractivity contribution is 6.31. The first-order valence-corrected chi connectivity index (χ1v) is 8.29. The van der Waals surface area contributed by atoms with Crippen molar-refractivity contribution in [3.05, 3.63) is 22.7 Å². The molecular formula is C16H20ClN3O2. The standard InChI is InChI=1S/C16H20ClN3O2/c1-10-9-18-4-5-20(10)16-19-13-8-11(17)7-12(15(13)22-16)14-3-2-6-21-14/h7-8,10,14,18H,2-6,9H2,1H3. The van der Waals surface area contributed by atoms with Crippen LogP contribution in [-0.2, 0) is 4.74 Å². The van der Waals surface area contributed by atoms with Crippen LogP contribution in [0.2, 0.25) is 5.02 Å². The number of hydrogen-bond acceptors (Lipinski definition) is 5. The molecule has 2 aliphatic rings. The normalized spacial score (nSPS) is 26.0. The molecule has 6 heteroatoms. The van der Waals surface area contributed by atoms with Crippen LogP contribution in [0.1, 0.15) is 31.4 Å². The lowest BCUT2D eigenvalue weighted by molar-refractivity contribution is 0.112. The minimum atomic E-state index is 0.0717. The summed E-state index contributed by atoms with van der Waals surface area (Å²) in [6.07, 6.45) is 2.16. The molecule has 2 unspecified atom stereocenters. The van der Waals surface area contributed by atoms with Crippen LogP contribution in [0.4, 0.5) is 6.01 Å². The van der Waals surface area contributed by atoms with E-state index >= 15 is 0 Å². The highest BCUT2D eigenvalue weighted by Crippen LogP contribution is 2.37. The monoisotopic (exact) mass is 321 g/mol. The topological polar surface area (TPSA) is 50.5 Å². The van der Waals surface area contributed by atoms with Crippen molar-refractivity contribution >= 4 is 28.7 Å². The molecule has 2 fully saturated rings. The number of benzene rings is 1. The van der Waals surface area contributed by atoms with Crippen molar-refractivity contribution in [1.82, 2.24) is 10.3 Å². The molecule has 2 saturated heterocycles. The van der Waals surface area contributed by atoms with Crippen LogP contribution in [0.5, 0.6) is 0 Å². The van der Waals surface area contributed by atoms with Crippen molar-refractivity contribution in [3.63, 3.8) is 0 Å². The van der Waals surface area contributed by atoms with Crippen LogP contribution in [0.3, 0.4) is 0 Å². The van der Waals surface area contributed by atoms with Crippen molar-refractivity contribution in [1.29, 1.82) is 0 Å². The van der Waals surface area contributed by atoms with Gasteiger partial charge in [0.15, 0.2) is 5.58 Å². The van der Waals surface area contributed by atoms with E-state index in [0.29, 0.717) is 17.1 Å². The summed E-state index contributed by atoms with van der Waals surface area (Å²) in [5.74, 6) is 0. The number of oxazole rings is 1. The predicted octanol–water partition coefficient (Wildman–Crippen LogP) is 3.13. The van der Waals surface area contributed by atoms with E-state index in [4.69, 9.17) is 20.8 Å². The zero-order valence-electron chi connectivity index (χ0n) is 12.6. The second-order valence-electron chi connectivity index (χ2n) is 6.09. The SMILES string of the molecule is CC1CNCCN1c1nc2cc(Cl)cc(C3CCCO3)c2o1. The molecule has 0 aliphatic carbocycles. The van der Waals surface area contributed by atoms with Crippen molar-refractivity contribution in [2.75, 3.05) is 31.1 Å². The number of anilines is 1. The first-order chi connectivity index (χ1) is 10.7. The quantitative estimate of drug-likeness (QED) is 0.921. The van der Waals surface area contributed by atoms with Crippen molar-refractivity contribution in [2.24, 2.45) is 0 Å². The Kier molecular flexibility index (Phi) is 3.72. The molecule has 2 aromatic rings. The van der Waals surface area contributed by atoms with Gasteiger partial charge in [0.2, 0.25) is 0 Å². The third kappa shape index (κ3) is 2.47. The molecular weight excluding hydrogens is 302 g/mol. The lowest BCUT2D eigenvalue weighted by atomic mass is 10.1. The Bertz CT molecular complexity index is 681. The van der Waals surface area contributed by atoms with Gasteiger partial charge in [-0.2, -0.15) is 4.98 Å². The molecule has 4 rings (SSSR count). The van der Waals surface area contributed by atoms with Gasteiger partial charge in [-0.05, 0) is 31.9 Å². The summed E-state index contributed by atoms with van der Waals surface area (Å²) < 4.78 is 11.9. The van der Waals surface area contributed by atoms with E-state index in [1.807, 2.05) is 12.1 Å². The number of hydrogen-bond donors (Lipinski definition) is 1. The second-order valence-corrected chi connectivity index (χ2v) is 6.52. The molecule has 22 heavy (non-hydrogen) atoms. The highest BCUT2D eigenvalue weighted by atomic mass is 35.5. The molecule has 0 amide bonds. The Morgan fingerprint density at radius 3 is 3.09 bits per heavy atom. The molecule has 1 aromatic heterocycles. The summed E-state index contributed by atoms with van der Waals surface area (Å²) in [5.41, 5.74) is 2.66. The Hall–Kier alpha value is -1.30. The third-order valence-corrected chi connectivity index (χ3v) is 4.71. The zero-order chi connectivity index (χ0) is 15.1. The van der Waals surface area contributed by atoms with E-state index in [0.717, 1.165) is 55.7 Å². The number of nitrogens with zero attached hydrogens (tertiary/aromatic N) is 2. The number of piperazine rings is 1. The average molecular weight is 322 g/mol. The van der Waals surface area contributed by atoms with Gasteiger partial charge in [-0.25, -0.2) is 0 Å². The summed E-state index contributed by atoms with van der Waals surface area (Å²) in [5, 5.41) is 4.07. The Morgan fingerprint density at radius 2 is 2.32 bits per heavy atom. The summed E-state index contributed by atoms with van der Waals surface area (Å²) in [6, 6.07) is 4.87. The van der Waals surface area contributed by atoms with E-state index in [-0.39, 0.29) is 6.10 Å². The Morgan fingerprint density at radius 1 is 1.41 bits per heavy atom. The van der Waals surface area contributed by atoms with Crippen LogP contribution in [0.25, 0.3) is 11.1 Å². The van der Waals surface area contributed by atoms with Crippen molar-refractivity contribution < 1.29 is 9.15 Å². The molecule has 0 radical (unpaired) electrons. The molecule has 0 saturated carbocycles. The van der Waals surface area contributed by atoms with Gasteiger partial charge >= 0.3 is 0 Å². The molecule has 0 spiro atoms. The minimum absolute atomic E-state index is 0.0717. The number of nitrogens with one attached hydrogen (secondary N) is 1. The van der Waals surface area contributed by atoms with Crippen LogP contribution in [0, 0.1) is 0 Å². The fourth-order valence-electron chi connectivity index (χ4n) is 3.32. The van der Waals surface area contributed by atoms with Gasteiger partial charge in [-0.1, -0.05) is 11.6 Å². The molecule has 118 valence electrons. The highest BCUT2D eigenvalue weighted by Gasteiger charge is 2.27. The summed E-state index contributed by atoms with van der Waals surface area (Å²) >= 11 is 6.27. The zero-order valence-corrected chi connectivity index (χ0v) is 13.4. The fraction of sp³-hybridized carbons (Fsp3) is 0.562. The molecule has 2 aliphatic heterocycles. The summed E-state index contributed by atoms with van der Waals surface area (Å²) in [6.45, 7) is 5.76. The molecule has 3 heterocycles. The van der Waals surface area contributed by atoms with E-state index in [2.05, 4.69) is 22.1 Å². The average Bonchev–Trinajstić information content (AvgIpc) is 3.15. The van der Waals surface area contributed by atoms with E-state index in [9.17, 15) is 0 Å². The number of fused-ring (bicyclic) bond motifs is 1. The molecule has 0 bridgehead atoms. The van der Waals surface area contributed by atoms with Gasteiger partial charge in [0.05, 0.1) is 6.10 Å². The van der Waals surface area contributed by atoms with Crippen LogP contribution >= 0.6 is 11.6 Å². The predicted molar refractivity (Wildman–Crippen MR) is 86.6 cm³/mol. The number of rotatable bonds is 2. The maximum Gasteiger partial charge on any atom is 0.298 e. The number of aromatic nitrogens is 1. The van der Waals surface area contributed by atoms with Crippen LogP contribution in [0.15, 0.2) is 16.5 Å². The maximum absolute atomic E-state index is 6.27. The smallest absolute Gasteiger partial charge is 0.298 e.